The molecule has 3 atom stereocenters. The van der Waals surface area contributed by atoms with Gasteiger partial charge in [-0.15, -0.1) is 0 Å². The molecule has 3 unspecified atom stereocenters. The van der Waals surface area contributed by atoms with Gasteiger partial charge in [-0.05, 0) is 64.2 Å². The number of aliphatic hydroxyl groups is 2. The number of nitrogens with one attached hydrogen (secondary N) is 1. The van der Waals surface area contributed by atoms with Gasteiger partial charge in [-0.1, -0.05) is 209 Å². The number of carbonyl (C=O) groups is 2. The summed E-state index contributed by atoms with van der Waals surface area (Å²) in [5.74, 6) is -0.584. The summed E-state index contributed by atoms with van der Waals surface area (Å²) in [5, 5.41) is 23.7. The topological polar surface area (TPSA) is 95.9 Å². The summed E-state index contributed by atoms with van der Waals surface area (Å²) in [5.41, 5.74) is 0. The molecule has 0 aromatic heterocycles. The molecule has 0 heterocycles. The number of esters is 1. The van der Waals surface area contributed by atoms with Crippen LogP contribution in [0.3, 0.4) is 0 Å². The van der Waals surface area contributed by atoms with E-state index in [1.165, 1.54) is 96.3 Å². The largest absolute Gasteiger partial charge is 0.462 e. The fourth-order valence-corrected chi connectivity index (χ4v) is 6.81. The molecule has 0 aromatic rings. The van der Waals surface area contributed by atoms with Gasteiger partial charge in [0.05, 0.1) is 25.2 Å². The van der Waals surface area contributed by atoms with Gasteiger partial charge in [-0.3, -0.25) is 9.59 Å². The second-order valence-electron chi connectivity index (χ2n) is 15.9. The lowest BCUT2D eigenvalue weighted by atomic mass is 10.0. The molecule has 0 rings (SSSR count). The van der Waals surface area contributed by atoms with Gasteiger partial charge >= 0.3 is 5.97 Å². The molecule has 0 aliphatic rings. The molecule has 0 fully saturated rings. The van der Waals surface area contributed by atoms with Gasteiger partial charge < -0.3 is 20.3 Å². The summed E-state index contributed by atoms with van der Waals surface area (Å²) >= 11 is 0. The minimum absolute atomic E-state index is 0.0353. The molecular formula is C51H89NO5. The summed E-state index contributed by atoms with van der Waals surface area (Å²) < 4.78 is 5.85. The van der Waals surface area contributed by atoms with Crippen molar-refractivity contribution in [2.24, 2.45) is 0 Å². The highest BCUT2D eigenvalue weighted by Gasteiger charge is 2.24. The van der Waals surface area contributed by atoms with Gasteiger partial charge in [0.2, 0.25) is 5.91 Å². The van der Waals surface area contributed by atoms with Crippen LogP contribution in [0.15, 0.2) is 72.9 Å². The van der Waals surface area contributed by atoms with Crippen LogP contribution in [0.2, 0.25) is 0 Å². The van der Waals surface area contributed by atoms with Crippen molar-refractivity contribution in [3.63, 3.8) is 0 Å². The average molecular weight is 796 g/mol. The van der Waals surface area contributed by atoms with Gasteiger partial charge in [-0.25, -0.2) is 0 Å². The number of carbonyl (C=O) groups excluding carboxylic acids is 2. The lowest BCUT2D eigenvalue weighted by Gasteiger charge is -2.24. The number of ether oxygens (including phenoxy) is 1. The normalized spacial score (nSPS) is 14.0. The Labute approximate surface area is 351 Å². The van der Waals surface area contributed by atoms with Crippen LogP contribution in [0.5, 0.6) is 0 Å². The third-order valence-corrected chi connectivity index (χ3v) is 10.4. The standard InChI is InChI=1S/C51H89NO5/c1-4-7-10-13-16-19-22-24-25-27-28-31-34-37-40-43-49(54)48(46-53)52-50(55)45-47(42-39-36-33-30-21-18-15-12-9-6-3)57-51(56)44-41-38-35-32-29-26-23-20-17-14-11-8-5-2/h8,11,14,17-18,20-21,23,26,29,32,35,47-49,53-54H,4-7,9-10,12-13,15-16,19,22,24-25,27-28,30-31,33-34,36-46H2,1-3H3,(H,52,55)/b11-8+,17-14+,21-18-,23-20-,29-26-,35-32+. The highest BCUT2D eigenvalue weighted by atomic mass is 16.5. The van der Waals surface area contributed by atoms with Crippen molar-refractivity contribution in [3.05, 3.63) is 72.9 Å². The fraction of sp³-hybridized carbons (Fsp3) is 0.725. The third kappa shape index (κ3) is 39.9. The Morgan fingerprint density at radius 1 is 0.526 bits per heavy atom. The lowest BCUT2D eigenvalue weighted by molar-refractivity contribution is -0.151. The first-order chi connectivity index (χ1) is 28.0. The molecule has 6 heteroatoms. The Balaban J connectivity index is 4.63. The van der Waals surface area contributed by atoms with Crippen molar-refractivity contribution >= 4 is 11.9 Å². The molecule has 0 aliphatic heterocycles. The SMILES string of the molecule is CC/C=C/C=C/C=C\C=C/C=C/CCCC(=O)OC(CCCCC/C=C\CCCCC)CC(=O)NC(CO)C(O)CCCCCCCCCCCCCCCCC. The van der Waals surface area contributed by atoms with Crippen LogP contribution >= 0.6 is 0 Å². The molecule has 0 aliphatic carbocycles. The van der Waals surface area contributed by atoms with E-state index in [0.29, 0.717) is 25.7 Å². The summed E-state index contributed by atoms with van der Waals surface area (Å²) in [7, 11) is 0. The van der Waals surface area contributed by atoms with E-state index in [-0.39, 0.29) is 24.9 Å². The van der Waals surface area contributed by atoms with Crippen molar-refractivity contribution in [3.8, 4) is 0 Å². The van der Waals surface area contributed by atoms with Crippen molar-refractivity contribution in [1.29, 1.82) is 0 Å². The molecular weight excluding hydrogens is 707 g/mol. The summed E-state index contributed by atoms with van der Waals surface area (Å²) in [6.45, 7) is 6.28. The first-order valence-electron chi connectivity index (χ1n) is 23.7. The molecule has 0 spiro atoms. The zero-order valence-electron chi connectivity index (χ0n) is 37.2. The zero-order valence-corrected chi connectivity index (χ0v) is 37.2. The van der Waals surface area contributed by atoms with E-state index < -0.39 is 18.2 Å². The Hall–Kier alpha value is -2.70. The van der Waals surface area contributed by atoms with Crippen LogP contribution in [0, 0.1) is 0 Å². The van der Waals surface area contributed by atoms with E-state index in [2.05, 4.69) is 44.3 Å². The molecule has 328 valence electrons. The molecule has 6 nitrogen and oxygen atoms in total. The van der Waals surface area contributed by atoms with E-state index in [4.69, 9.17) is 4.74 Å². The summed E-state index contributed by atoms with van der Waals surface area (Å²) in [4.78, 5) is 26.0. The zero-order chi connectivity index (χ0) is 41.7. The van der Waals surface area contributed by atoms with Gasteiger partial charge in [-0.2, -0.15) is 0 Å². The van der Waals surface area contributed by atoms with Crippen LogP contribution in [0.25, 0.3) is 0 Å². The van der Waals surface area contributed by atoms with Crippen LogP contribution in [-0.4, -0.2) is 46.9 Å². The average Bonchev–Trinajstić information content (AvgIpc) is 3.20. The maximum Gasteiger partial charge on any atom is 0.306 e. The number of aliphatic hydroxyl groups excluding tert-OH is 2. The quantitative estimate of drug-likeness (QED) is 0.0248. The van der Waals surface area contributed by atoms with Crippen LogP contribution in [0.1, 0.15) is 213 Å². The van der Waals surface area contributed by atoms with Gasteiger partial charge in [0.15, 0.2) is 0 Å². The van der Waals surface area contributed by atoms with Crippen LogP contribution in [-0.2, 0) is 14.3 Å². The highest BCUT2D eigenvalue weighted by Crippen LogP contribution is 2.17. The molecule has 0 bridgehead atoms. The first-order valence-corrected chi connectivity index (χ1v) is 23.7. The predicted molar refractivity (Wildman–Crippen MR) is 245 cm³/mol. The number of hydrogen-bond donors (Lipinski definition) is 3. The molecule has 0 aromatic carbocycles. The number of hydrogen-bond acceptors (Lipinski definition) is 5. The minimum Gasteiger partial charge on any atom is -0.462 e. The molecule has 1 amide bonds. The third-order valence-electron chi connectivity index (χ3n) is 10.4. The molecule has 0 radical (unpaired) electrons. The van der Waals surface area contributed by atoms with Crippen molar-refractivity contribution in [1.82, 2.24) is 5.32 Å². The number of amides is 1. The lowest BCUT2D eigenvalue weighted by Crippen LogP contribution is -2.46. The number of rotatable bonds is 41. The van der Waals surface area contributed by atoms with Crippen LogP contribution in [0.4, 0.5) is 0 Å². The van der Waals surface area contributed by atoms with Crippen molar-refractivity contribution < 1.29 is 24.5 Å². The number of unbranched alkanes of at least 4 members (excludes halogenated alkanes) is 21. The molecule has 0 saturated heterocycles. The highest BCUT2D eigenvalue weighted by molar-refractivity contribution is 5.77. The van der Waals surface area contributed by atoms with Gasteiger partial charge in [0.1, 0.15) is 6.10 Å². The Kier molecular flexibility index (Phi) is 42.3. The van der Waals surface area contributed by atoms with E-state index >= 15 is 0 Å². The molecule has 57 heavy (non-hydrogen) atoms. The Morgan fingerprint density at radius 3 is 1.51 bits per heavy atom. The van der Waals surface area contributed by atoms with Gasteiger partial charge in [0.25, 0.3) is 0 Å². The smallest absolute Gasteiger partial charge is 0.306 e. The second-order valence-corrected chi connectivity index (χ2v) is 15.9. The van der Waals surface area contributed by atoms with E-state index in [1.807, 2.05) is 54.7 Å². The first kappa shape index (κ1) is 54.3. The summed E-state index contributed by atoms with van der Waals surface area (Å²) in [6.07, 6.45) is 55.4. The van der Waals surface area contributed by atoms with Crippen molar-refractivity contribution in [2.75, 3.05) is 6.61 Å². The number of allylic oxidation sites excluding steroid dienone is 12. The van der Waals surface area contributed by atoms with E-state index in [9.17, 15) is 19.8 Å². The fourth-order valence-electron chi connectivity index (χ4n) is 6.81. The van der Waals surface area contributed by atoms with Crippen molar-refractivity contribution in [2.45, 2.75) is 232 Å². The predicted octanol–water partition coefficient (Wildman–Crippen LogP) is 13.8. The van der Waals surface area contributed by atoms with Gasteiger partial charge in [0, 0.05) is 6.42 Å². The minimum atomic E-state index is -0.805. The summed E-state index contributed by atoms with van der Waals surface area (Å²) in [6, 6.07) is -0.722. The van der Waals surface area contributed by atoms with E-state index in [0.717, 1.165) is 64.2 Å². The molecule has 0 saturated carbocycles. The Bertz CT molecular complexity index is 1070. The van der Waals surface area contributed by atoms with Crippen LogP contribution < -0.4 is 5.32 Å². The monoisotopic (exact) mass is 796 g/mol. The van der Waals surface area contributed by atoms with E-state index in [1.54, 1.807) is 0 Å². The maximum atomic E-state index is 13.1. The Morgan fingerprint density at radius 2 is 0.965 bits per heavy atom. The second kappa shape index (κ2) is 44.4. The maximum absolute atomic E-state index is 13.1. The molecule has 3 N–H and O–H groups in total.